The largest absolute Gasteiger partial charge is 0.338 e. The van der Waals surface area contributed by atoms with E-state index >= 15 is 0 Å². The van der Waals surface area contributed by atoms with Crippen LogP contribution < -0.4 is 11.3 Å². The van der Waals surface area contributed by atoms with Gasteiger partial charge in [-0.05, 0) is 23.9 Å². The number of hydrogen-bond acceptors (Lipinski definition) is 2. The molecule has 0 aliphatic carbocycles. The molecule has 0 aromatic carbocycles. The van der Waals surface area contributed by atoms with Crippen molar-refractivity contribution in [1.29, 1.82) is 0 Å². The van der Waals surface area contributed by atoms with Gasteiger partial charge < -0.3 is 0 Å². The zero-order valence-electron chi connectivity index (χ0n) is 9.40. The number of alkyl halides is 3. The maximum atomic E-state index is 12.8. The average molecular weight is 243 g/mol. The van der Waals surface area contributed by atoms with Crippen molar-refractivity contribution in [3.8, 4) is 0 Å². The van der Waals surface area contributed by atoms with Gasteiger partial charge in [-0.2, -0.15) is 8.78 Å². The van der Waals surface area contributed by atoms with Gasteiger partial charge in [0.1, 0.15) is 0 Å². The summed E-state index contributed by atoms with van der Waals surface area (Å²) in [5.74, 6) is 5.34. The Bertz CT molecular complexity index is 162. The Labute approximate surface area is 95.5 Å². The molecule has 2 unspecified atom stereocenters. The minimum atomic E-state index is -3.27. The van der Waals surface area contributed by atoms with Crippen LogP contribution in [0.15, 0.2) is 0 Å². The molecule has 0 radical (unpaired) electrons. The lowest BCUT2D eigenvalue weighted by Crippen LogP contribution is -2.46. The molecule has 0 aromatic heterocycles. The Morgan fingerprint density at radius 2 is 2.00 bits per heavy atom. The maximum Gasteiger partial charge on any atom is 0.338 e. The van der Waals surface area contributed by atoms with E-state index in [2.05, 4.69) is 12.3 Å². The van der Waals surface area contributed by atoms with Crippen LogP contribution in [0.5, 0.6) is 0 Å². The van der Waals surface area contributed by atoms with E-state index in [9.17, 15) is 8.78 Å². The van der Waals surface area contributed by atoms with Crippen molar-refractivity contribution in [3.63, 3.8) is 0 Å². The number of unbranched alkanes of at least 4 members (excludes halogenated alkanes) is 1. The summed E-state index contributed by atoms with van der Waals surface area (Å²) in [6.07, 6.45) is 4.30. The number of halogens is 3. The summed E-state index contributed by atoms with van der Waals surface area (Å²) in [5, 5.41) is -3.27. The molecule has 5 heteroatoms. The Morgan fingerprint density at radius 1 is 1.40 bits per heavy atom. The first-order valence-electron chi connectivity index (χ1n) is 5.48. The topological polar surface area (TPSA) is 38.0 Å². The summed E-state index contributed by atoms with van der Waals surface area (Å²) in [5.41, 5.74) is 2.10. The lowest BCUT2D eigenvalue weighted by molar-refractivity contribution is 0.0386. The fraction of sp³-hybridized carbons (Fsp3) is 1.00. The molecule has 2 atom stereocenters. The van der Waals surface area contributed by atoms with E-state index in [1.165, 1.54) is 0 Å². The lowest BCUT2D eigenvalue weighted by atomic mass is 9.92. The van der Waals surface area contributed by atoms with E-state index in [1.54, 1.807) is 0 Å². The SMILES string of the molecule is CCCCC(CC)CC(NN)C(F)(F)Cl. The first-order valence-corrected chi connectivity index (χ1v) is 5.86. The van der Waals surface area contributed by atoms with E-state index in [4.69, 9.17) is 17.4 Å². The van der Waals surface area contributed by atoms with Crippen molar-refractivity contribution in [3.05, 3.63) is 0 Å². The summed E-state index contributed by atoms with van der Waals surface area (Å²) < 4.78 is 25.7. The normalized spacial score (nSPS) is 16.4. The molecule has 2 nitrogen and oxygen atoms in total. The summed E-state index contributed by atoms with van der Waals surface area (Å²) in [4.78, 5) is 0. The van der Waals surface area contributed by atoms with Crippen LogP contribution in [0.4, 0.5) is 8.78 Å². The van der Waals surface area contributed by atoms with Gasteiger partial charge in [-0.15, -0.1) is 0 Å². The van der Waals surface area contributed by atoms with E-state index in [0.29, 0.717) is 6.42 Å². The third-order valence-electron chi connectivity index (χ3n) is 2.71. The van der Waals surface area contributed by atoms with Gasteiger partial charge in [0, 0.05) is 0 Å². The molecule has 15 heavy (non-hydrogen) atoms. The van der Waals surface area contributed by atoms with Gasteiger partial charge in [0.15, 0.2) is 0 Å². The number of nitrogens with two attached hydrogens (primary N) is 1. The number of hydrazine groups is 1. The van der Waals surface area contributed by atoms with Crippen LogP contribution in [0.25, 0.3) is 0 Å². The monoisotopic (exact) mass is 242 g/mol. The Morgan fingerprint density at radius 3 is 2.33 bits per heavy atom. The van der Waals surface area contributed by atoms with E-state index in [-0.39, 0.29) is 5.92 Å². The van der Waals surface area contributed by atoms with Gasteiger partial charge >= 0.3 is 5.38 Å². The molecule has 0 saturated heterocycles. The number of hydrogen-bond donors (Lipinski definition) is 2. The highest BCUT2D eigenvalue weighted by Crippen LogP contribution is 2.29. The minimum absolute atomic E-state index is 0.260. The second-order valence-corrected chi connectivity index (χ2v) is 4.42. The van der Waals surface area contributed by atoms with Gasteiger partial charge in [0.05, 0.1) is 6.04 Å². The fourth-order valence-electron chi connectivity index (χ4n) is 1.61. The zero-order valence-corrected chi connectivity index (χ0v) is 10.2. The van der Waals surface area contributed by atoms with Crippen LogP contribution in [0.3, 0.4) is 0 Å². The van der Waals surface area contributed by atoms with E-state index in [1.807, 2.05) is 6.92 Å². The predicted octanol–water partition coefficient (Wildman–Crippen LogP) is 3.26. The highest BCUT2D eigenvalue weighted by molar-refractivity contribution is 6.22. The van der Waals surface area contributed by atoms with Crippen LogP contribution in [0.2, 0.25) is 0 Å². The Kier molecular flexibility index (Phi) is 7.40. The third-order valence-corrected chi connectivity index (χ3v) is 2.97. The molecule has 0 saturated carbocycles. The first kappa shape index (κ1) is 15.1. The van der Waals surface area contributed by atoms with Crippen molar-refractivity contribution in [2.75, 3.05) is 0 Å². The van der Waals surface area contributed by atoms with Crippen LogP contribution in [-0.4, -0.2) is 11.4 Å². The molecule has 3 N–H and O–H groups in total. The molecular formula is C10H21ClF2N2. The molecular weight excluding hydrogens is 222 g/mol. The van der Waals surface area contributed by atoms with E-state index < -0.39 is 11.4 Å². The van der Waals surface area contributed by atoms with Crippen molar-refractivity contribution >= 4 is 11.6 Å². The zero-order chi connectivity index (χ0) is 11.9. The second kappa shape index (κ2) is 7.36. The highest BCUT2D eigenvalue weighted by atomic mass is 35.5. The standard InChI is InChI=1S/C10H21ClF2N2/c1-3-5-6-8(4-2)7-9(15-14)10(11,12)13/h8-9,15H,3-7,14H2,1-2H3. The first-order chi connectivity index (χ1) is 6.95. The molecule has 0 heterocycles. The molecule has 0 aromatic rings. The molecule has 0 aliphatic rings. The van der Waals surface area contributed by atoms with Gasteiger partial charge in [-0.1, -0.05) is 39.5 Å². The highest BCUT2D eigenvalue weighted by Gasteiger charge is 2.37. The van der Waals surface area contributed by atoms with Gasteiger partial charge in [0.25, 0.3) is 0 Å². The minimum Gasteiger partial charge on any atom is -0.271 e. The molecule has 0 spiro atoms. The second-order valence-electron chi connectivity index (χ2n) is 3.91. The average Bonchev–Trinajstić information content (AvgIpc) is 2.16. The van der Waals surface area contributed by atoms with Crippen LogP contribution in [0.1, 0.15) is 46.0 Å². The van der Waals surface area contributed by atoms with Crippen LogP contribution in [-0.2, 0) is 0 Å². The van der Waals surface area contributed by atoms with Gasteiger partial charge in [-0.25, -0.2) is 5.43 Å². The van der Waals surface area contributed by atoms with Crippen molar-refractivity contribution in [2.24, 2.45) is 11.8 Å². The molecule has 0 aliphatic heterocycles. The molecule has 0 bridgehead atoms. The fourth-order valence-corrected chi connectivity index (χ4v) is 1.76. The molecule has 92 valence electrons. The van der Waals surface area contributed by atoms with Crippen LogP contribution in [0, 0.1) is 5.92 Å². The molecule has 0 amide bonds. The predicted molar refractivity (Wildman–Crippen MR) is 59.8 cm³/mol. The van der Waals surface area contributed by atoms with Crippen molar-refractivity contribution in [1.82, 2.24) is 5.43 Å². The molecule has 0 fully saturated rings. The van der Waals surface area contributed by atoms with Crippen molar-refractivity contribution in [2.45, 2.75) is 57.4 Å². The summed E-state index contributed by atoms with van der Waals surface area (Å²) in [6, 6.07) is -1.14. The Balaban J connectivity index is 4.12. The molecule has 0 rings (SSSR count). The van der Waals surface area contributed by atoms with Crippen molar-refractivity contribution < 1.29 is 8.78 Å². The number of nitrogens with one attached hydrogen (secondary N) is 1. The smallest absolute Gasteiger partial charge is 0.271 e. The van der Waals surface area contributed by atoms with E-state index in [0.717, 1.165) is 25.7 Å². The third kappa shape index (κ3) is 6.28. The lowest BCUT2D eigenvalue weighted by Gasteiger charge is -2.25. The van der Waals surface area contributed by atoms with Gasteiger partial charge in [0.2, 0.25) is 0 Å². The summed E-state index contributed by atoms with van der Waals surface area (Å²) >= 11 is 4.96. The summed E-state index contributed by atoms with van der Waals surface area (Å²) in [7, 11) is 0. The van der Waals surface area contributed by atoms with Gasteiger partial charge in [-0.3, -0.25) is 5.84 Å². The quantitative estimate of drug-likeness (QED) is 0.390. The Hall–Kier alpha value is 0.0700. The van der Waals surface area contributed by atoms with Crippen LogP contribution >= 0.6 is 11.6 Å². The summed E-state index contributed by atoms with van der Waals surface area (Å²) in [6.45, 7) is 4.09. The maximum absolute atomic E-state index is 12.8. The number of rotatable bonds is 8.